The molecule has 2 unspecified atom stereocenters. The maximum absolute atomic E-state index is 13.9. The third-order valence-corrected chi connectivity index (χ3v) is 6.03. The zero-order valence-corrected chi connectivity index (χ0v) is 12.7. The van der Waals surface area contributed by atoms with Crippen LogP contribution in [0.15, 0.2) is 23.1 Å². The lowest BCUT2D eigenvalue weighted by atomic mass is 9.90. The Morgan fingerprint density at radius 2 is 2.05 bits per heavy atom. The Morgan fingerprint density at radius 3 is 2.65 bits per heavy atom. The van der Waals surface area contributed by atoms with E-state index in [9.17, 15) is 12.8 Å². The van der Waals surface area contributed by atoms with Crippen LogP contribution in [0.25, 0.3) is 0 Å². The Kier molecular flexibility index (Phi) is 4.46. The van der Waals surface area contributed by atoms with E-state index in [1.54, 1.807) is 0 Å². The molecule has 1 aliphatic heterocycles. The number of rotatable bonds is 3. The van der Waals surface area contributed by atoms with E-state index in [1.165, 1.54) is 22.5 Å². The van der Waals surface area contributed by atoms with Crippen molar-refractivity contribution in [3.63, 3.8) is 0 Å². The minimum Gasteiger partial charge on any atom is -0.326 e. The summed E-state index contributed by atoms with van der Waals surface area (Å²) in [6.45, 7) is 5.22. The molecule has 2 N–H and O–H groups in total. The van der Waals surface area contributed by atoms with Crippen LogP contribution in [0.4, 0.5) is 4.39 Å². The summed E-state index contributed by atoms with van der Waals surface area (Å²) in [6.07, 6.45) is 0.804. The van der Waals surface area contributed by atoms with E-state index in [-0.39, 0.29) is 17.4 Å². The van der Waals surface area contributed by atoms with Crippen molar-refractivity contribution < 1.29 is 12.8 Å². The van der Waals surface area contributed by atoms with Crippen molar-refractivity contribution in [2.75, 3.05) is 13.1 Å². The van der Waals surface area contributed by atoms with Gasteiger partial charge in [0.25, 0.3) is 0 Å². The highest BCUT2D eigenvalue weighted by Crippen LogP contribution is 2.28. The van der Waals surface area contributed by atoms with Crippen LogP contribution < -0.4 is 5.73 Å². The van der Waals surface area contributed by atoms with Gasteiger partial charge in [-0.3, -0.25) is 0 Å². The molecule has 1 aromatic rings. The molecule has 1 aliphatic rings. The molecule has 0 amide bonds. The average molecular weight is 300 g/mol. The predicted molar refractivity (Wildman–Crippen MR) is 76.0 cm³/mol. The molecule has 1 aromatic carbocycles. The van der Waals surface area contributed by atoms with Gasteiger partial charge >= 0.3 is 0 Å². The second-order valence-corrected chi connectivity index (χ2v) is 7.48. The van der Waals surface area contributed by atoms with Gasteiger partial charge in [-0.05, 0) is 36.0 Å². The fourth-order valence-corrected chi connectivity index (χ4v) is 4.12. The highest BCUT2D eigenvalue weighted by molar-refractivity contribution is 7.89. The van der Waals surface area contributed by atoms with Crippen molar-refractivity contribution in [1.82, 2.24) is 4.31 Å². The number of halogens is 1. The van der Waals surface area contributed by atoms with Gasteiger partial charge in [0.2, 0.25) is 10.0 Å². The average Bonchev–Trinajstić information content (AvgIpc) is 2.42. The second-order valence-electron chi connectivity index (χ2n) is 5.58. The fraction of sp³-hybridized carbons (Fsp3) is 0.571. The summed E-state index contributed by atoms with van der Waals surface area (Å²) < 4.78 is 40.4. The molecule has 0 saturated carbocycles. The lowest BCUT2D eigenvalue weighted by molar-refractivity contribution is 0.212. The first-order valence-corrected chi connectivity index (χ1v) is 8.29. The quantitative estimate of drug-likeness (QED) is 0.928. The van der Waals surface area contributed by atoms with Gasteiger partial charge in [0, 0.05) is 19.6 Å². The van der Waals surface area contributed by atoms with Crippen molar-refractivity contribution in [3.8, 4) is 0 Å². The summed E-state index contributed by atoms with van der Waals surface area (Å²) in [7, 11) is -3.78. The van der Waals surface area contributed by atoms with E-state index in [1.807, 2.05) is 6.92 Å². The van der Waals surface area contributed by atoms with E-state index in [2.05, 4.69) is 6.92 Å². The van der Waals surface area contributed by atoms with Crippen LogP contribution in [-0.2, 0) is 16.6 Å². The van der Waals surface area contributed by atoms with Crippen molar-refractivity contribution in [3.05, 3.63) is 29.6 Å². The third kappa shape index (κ3) is 2.87. The minimum absolute atomic E-state index is 0.191. The minimum atomic E-state index is -3.78. The number of benzene rings is 1. The highest BCUT2D eigenvalue weighted by atomic mass is 32.2. The van der Waals surface area contributed by atoms with Crippen molar-refractivity contribution >= 4 is 10.0 Å². The zero-order chi connectivity index (χ0) is 14.9. The summed E-state index contributed by atoms with van der Waals surface area (Å²) in [6, 6.07) is 4.02. The van der Waals surface area contributed by atoms with Gasteiger partial charge in [-0.1, -0.05) is 19.9 Å². The molecular weight excluding hydrogens is 279 g/mol. The summed E-state index contributed by atoms with van der Waals surface area (Å²) in [4.78, 5) is -0.262. The van der Waals surface area contributed by atoms with Crippen LogP contribution in [-0.4, -0.2) is 25.8 Å². The van der Waals surface area contributed by atoms with Crippen LogP contribution in [0.3, 0.4) is 0 Å². The Labute approximate surface area is 119 Å². The normalized spacial score (nSPS) is 24.8. The molecule has 1 heterocycles. The summed E-state index contributed by atoms with van der Waals surface area (Å²) in [5, 5.41) is 0. The Balaban J connectivity index is 2.35. The van der Waals surface area contributed by atoms with Crippen molar-refractivity contribution in [1.29, 1.82) is 0 Å². The van der Waals surface area contributed by atoms with E-state index in [4.69, 9.17) is 5.73 Å². The molecule has 20 heavy (non-hydrogen) atoms. The molecule has 0 radical (unpaired) electrons. The molecule has 2 atom stereocenters. The first-order chi connectivity index (χ1) is 9.36. The Bertz CT molecular complexity index is 589. The number of hydrogen-bond acceptors (Lipinski definition) is 3. The lowest BCUT2D eigenvalue weighted by Crippen LogP contribution is -2.42. The van der Waals surface area contributed by atoms with Gasteiger partial charge in [0.05, 0.1) is 0 Å². The first-order valence-electron chi connectivity index (χ1n) is 6.85. The number of sulfonamides is 1. The molecule has 1 saturated heterocycles. The molecule has 4 nitrogen and oxygen atoms in total. The summed E-state index contributed by atoms with van der Waals surface area (Å²) in [5.41, 5.74) is 6.11. The molecular formula is C14H21FN2O2S. The molecule has 6 heteroatoms. The largest absolute Gasteiger partial charge is 0.326 e. The number of nitrogens with zero attached hydrogens (tertiary/aromatic N) is 1. The second kappa shape index (κ2) is 5.79. The van der Waals surface area contributed by atoms with Crippen molar-refractivity contribution in [2.24, 2.45) is 17.6 Å². The van der Waals surface area contributed by atoms with Crippen LogP contribution in [0, 0.1) is 17.7 Å². The number of hydrogen-bond donors (Lipinski definition) is 1. The van der Waals surface area contributed by atoms with E-state index >= 15 is 0 Å². The standard InChI is InChI=1S/C14H21FN2O2S/c1-10-5-6-17(9-11(10)2)20(18,19)14-7-12(8-16)3-4-13(14)15/h3-4,7,10-11H,5-6,8-9,16H2,1-2H3. The monoisotopic (exact) mass is 300 g/mol. The van der Waals surface area contributed by atoms with Crippen molar-refractivity contribution in [2.45, 2.75) is 31.7 Å². The maximum atomic E-state index is 13.9. The Morgan fingerprint density at radius 1 is 1.35 bits per heavy atom. The SMILES string of the molecule is CC1CCN(S(=O)(=O)c2cc(CN)ccc2F)CC1C. The molecule has 2 rings (SSSR count). The molecule has 112 valence electrons. The van der Waals surface area contributed by atoms with Crippen LogP contribution in [0.5, 0.6) is 0 Å². The summed E-state index contributed by atoms with van der Waals surface area (Å²) >= 11 is 0. The van der Waals surface area contributed by atoms with Gasteiger partial charge in [0.1, 0.15) is 10.7 Å². The molecule has 0 bridgehead atoms. The topological polar surface area (TPSA) is 63.4 Å². The van der Waals surface area contributed by atoms with Crippen LogP contribution in [0.2, 0.25) is 0 Å². The number of nitrogens with two attached hydrogens (primary N) is 1. The zero-order valence-electron chi connectivity index (χ0n) is 11.8. The van der Waals surface area contributed by atoms with Gasteiger partial charge in [0.15, 0.2) is 0 Å². The summed E-state index contributed by atoms with van der Waals surface area (Å²) in [5.74, 6) is 0.0504. The van der Waals surface area contributed by atoms with Gasteiger partial charge < -0.3 is 5.73 Å². The number of piperidine rings is 1. The van der Waals surface area contributed by atoms with Gasteiger partial charge in [-0.15, -0.1) is 0 Å². The van der Waals surface area contributed by atoms with Crippen LogP contribution >= 0.6 is 0 Å². The van der Waals surface area contributed by atoms with E-state index in [0.717, 1.165) is 6.42 Å². The van der Waals surface area contributed by atoms with Gasteiger partial charge in [-0.25, -0.2) is 12.8 Å². The maximum Gasteiger partial charge on any atom is 0.246 e. The fourth-order valence-electron chi connectivity index (χ4n) is 2.45. The first kappa shape index (κ1) is 15.4. The van der Waals surface area contributed by atoms with Crippen LogP contribution in [0.1, 0.15) is 25.8 Å². The highest BCUT2D eigenvalue weighted by Gasteiger charge is 2.33. The third-order valence-electron chi connectivity index (χ3n) is 4.15. The van der Waals surface area contributed by atoms with E-state index in [0.29, 0.717) is 24.6 Å². The van der Waals surface area contributed by atoms with Gasteiger partial charge in [-0.2, -0.15) is 4.31 Å². The smallest absolute Gasteiger partial charge is 0.246 e. The molecule has 0 spiro atoms. The van der Waals surface area contributed by atoms with E-state index < -0.39 is 15.8 Å². The predicted octanol–water partition coefficient (Wildman–Crippen LogP) is 1.95. The molecule has 1 fully saturated rings. The molecule has 0 aromatic heterocycles. The molecule has 0 aliphatic carbocycles. The lowest BCUT2D eigenvalue weighted by Gasteiger charge is -2.34. The Hall–Kier alpha value is -0.980.